The van der Waals surface area contributed by atoms with E-state index in [0.29, 0.717) is 23.3 Å². The predicted molar refractivity (Wildman–Crippen MR) is 263 cm³/mol. The third kappa shape index (κ3) is 6.11. The summed E-state index contributed by atoms with van der Waals surface area (Å²) >= 11 is 1.61. The van der Waals surface area contributed by atoms with Gasteiger partial charge in [0.25, 0.3) is 0 Å². The lowest BCUT2D eigenvalue weighted by Gasteiger charge is -2.12. The highest BCUT2D eigenvalue weighted by Crippen LogP contribution is 2.37. The fourth-order valence-electron chi connectivity index (χ4n) is 8.97. The van der Waals surface area contributed by atoms with E-state index in [-0.39, 0.29) is 0 Å². The van der Waals surface area contributed by atoms with E-state index in [2.05, 4.69) is 162 Å². The van der Waals surface area contributed by atoms with Crippen LogP contribution in [0.5, 0.6) is 0 Å². The Kier molecular flexibility index (Phi) is 8.25. The maximum atomic E-state index is 5.14. The standard InChI is InChI=1S/C56H33N7S/c1-2-11-35(12-3-1)53-60-54(62-55(61-53)40-15-10-16-44(30-40)63-48-19-8-6-17-45(48)46-18-7-9-20-49(46)63)36-23-21-34(22-24-36)43-31-47-51-50(64-56(47)58-32-43)33-57-52(59-51)41-26-25-39-27-37-13-4-5-14-38(37)28-42(39)29-41/h1-33H. The molecule has 0 spiro atoms. The van der Waals surface area contributed by atoms with E-state index < -0.39 is 0 Å². The number of rotatable bonds is 6. The van der Waals surface area contributed by atoms with Crippen LogP contribution in [-0.2, 0) is 0 Å². The fraction of sp³-hybridized carbons (Fsp3) is 0. The zero-order valence-corrected chi connectivity index (χ0v) is 34.9. The Balaban J connectivity index is 0.863. The van der Waals surface area contributed by atoms with Crippen molar-refractivity contribution < 1.29 is 0 Å². The molecular formula is C56H33N7S. The molecule has 64 heavy (non-hydrogen) atoms. The number of para-hydroxylation sites is 2. The van der Waals surface area contributed by atoms with Gasteiger partial charge < -0.3 is 4.57 Å². The molecule has 7 nitrogen and oxygen atoms in total. The van der Waals surface area contributed by atoms with Gasteiger partial charge in [0.05, 0.1) is 21.3 Å². The first-order valence-electron chi connectivity index (χ1n) is 21.2. The molecule has 0 aliphatic heterocycles. The lowest BCUT2D eigenvalue weighted by atomic mass is 10.0. The van der Waals surface area contributed by atoms with E-state index in [0.717, 1.165) is 75.9 Å². The van der Waals surface area contributed by atoms with Gasteiger partial charge in [0.1, 0.15) is 4.83 Å². The molecule has 13 rings (SSSR count). The molecule has 5 aromatic heterocycles. The highest BCUT2D eigenvalue weighted by molar-refractivity contribution is 7.25. The van der Waals surface area contributed by atoms with Gasteiger partial charge in [0.15, 0.2) is 23.3 Å². The summed E-state index contributed by atoms with van der Waals surface area (Å²) in [6, 6.07) is 65.6. The van der Waals surface area contributed by atoms with Crippen LogP contribution in [0.1, 0.15) is 0 Å². The van der Waals surface area contributed by atoms with E-state index in [9.17, 15) is 0 Å². The molecule has 5 heterocycles. The van der Waals surface area contributed by atoms with Gasteiger partial charge in [-0.15, -0.1) is 11.3 Å². The summed E-state index contributed by atoms with van der Waals surface area (Å²) in [4.78, 5) is 31.0. The quantitative estimate of drug-likeness (QED) is 0.155. The van der Waals surface area contributed by atoms with Crippen molar-refractivity contribution in [1.82, 2.24) is 34.5 Å². The van der Waals surface area contributed by atoms with Crippen LogP contribution in [0.2, 0.25) is 0 Å². The molecule has 0 radical (unpaired) electrons. The van der Waals surface area contributed by atoms with Gasteiger partial charge in [-0.1, -0.05) is 140 Å². The van der Waals surface area contributed by atoms with Crippen LogP contribution in [0.25, 0.3) is 126 Å². The average molecular weight is 836 g/mol. The normalized spacial score (nSPS) is 11.8. The monoisotopic (exact) mass is 835 g/mol. The van der Waals surface area contributed by atoms with Crippen molar-refractivity contribution in [3.63, 3.8) is 0 Å². The van der Waals surface area contributed by atoms with E-state index in [1.54, 1.807) is 11.3 Å². The van der Waals surface area contributed by atoms with E-state index in [1.807, 2.05) is 42.7 Å². The van der Waals surface area contributed by atoms with Gasteiger partial charge in [0, 0.05) is 62.1 Å². The molecule has 8 aromatic carbocycles. The Morgan fingerprint density at radius 1 is 0.344 bits per heavy atom. The van der Waals surface area contributed by atoms with Crippen molar-refractivity contribution in [2.45, 2.75) is 0 Å². The minimum absolute atomic E-state index is 0.598. The second kappa shape index (κ2) is 14.6. The summed E-state index contributed by atoms with van der Waals surface area (Å²) in [5.41, 5.74) is 9.97. The van der Waals surface area contributed by atoms with E-state index in [4.69, 9.17) is 29.9 Å². The van der Waals surface area contributed by atoms with E-state index >= 15 is 0 Å². The Morgan fingerprint density at radius 3 is 1.67 bits per heavy atom. The van der Waals surface area contributed by atoms with Crippen LogP contribution in [0.3, 0.4) is 0 Å². The average Bonchev–Trinajstić information content (AvgIpc) is 3.91. The van der Waals surface area contributed by atoms with Crippen molar-refractivity contribution in [2.24, 2.45) is 0 Å². The molecule has 0 aliphatic carbocycles. The summed E-state index contributed by atoms with van der Waals surface area (Å²) in [6.07, 6.45) is 3.86. The number of nitrogens with zero attached hydrogens (tertiary/aromatic N) is 7. The number of thiophene rings is 1. The number of pyridine rings is 1. The van der Waals surface area contributed by atoms with Crippen LogP contribution in [0, 0.1) is 0 Å². The second-order valence-corrected chi connectivity index (χ2v) is 17.0. The van der Waals surface area contributed by atoms with Crippen molar-refractivity contribution in [3.05, 3.63) is 200 Å². The zero-order valence-electron chi connectivity index (χ0n) is 34.1. The maximum absolute atomic E-state index is 5.14. The summed E-state index contributed by atoms with van der Waals surface area (Å²) in [5, 5.41) is 8.24. The van der Waals surface area contributed by atoms with Crippen molar-refractivity contribution in [1.29, 1.82) is 0 Å². The van der Waals surface area contributed by atoms with Gasteiger partial charge in [0.2, 0.25) is 0 Å². The molecule has 8 heteroatoms. The van der Waals surface area contributed by atoms with Gasteiger partial charge >= 0.3 is 0 Å². The molecule has 0 atom stereocenters. The highest BCUT2D eigenvalue weighted by Gasteiger charge is 2.17. The number of hydrogen-bond donors (Lipinski definition) is 0. The van der Waals surface area contributed by atoms with Gasteiger partial charge in [-0.25, -0.2) is 29.9 Å². The Morgan fingerprint density at radius 2 is 0.922 bits per heavy atom. The molecule has 13 aromatic rings. The van der Waals surface area contributed by atoms with Gasteiger partial charge in [-0.2, -0.15) is 0 Å². The molecule has 0 aliphatic rings. The lowest BCUT2D eigenvalue weighted by molar-refractivity contribution is 1.07. The fourth-order valence-corrected chi connectivity index (χ4v) is 9.91. The molecule has 0 bridgehead atoms. The number of hydrogen-bond acceptors (Lipinski definition) is 7. The second-order valence-electron chi connectivity index (χ2n) is 16.0. The minimum Gasteiger partial charge on any atom is -0.309 e. The topological polar surface area (TPSA) is 82.3 Å². The predicted octanol–water partition coefficient (Wildman–Crippen LogP) is 14.2. The summed E-state index contributed by atoms with van der Waals surface area (Å²) in [7, 11) is 0. The number of fused-ring (bicyclic) bond motifs is 8. The largest absolute Gasteiger partial charge is 0.309 e. The Labute approximate surface area is 370 Å². The van der Waals surface area contributed by atoms with Crippen LogP contribution in [-0.4, -0.2) is 34.5 Å². The van der Waals surface area contributed by atoms with Gasteiger partial charge in [-0.3, -0.25) is 0 Å². The molecule has 0 saturated heterocycles. The molecule has 0 unspecified atom stereocenters. The summed E-state index contributed by atoms with van der Waals surface area (Å²) in [5.74, 6) is 2.51. The molecule has 0 N–H and O–H groups in total. The molecule has 0 amide bonds. The molecular weight excluding hydrogens is 803 g/mol. The van der Waals surface area contributed by atoms with Crippen LogP contribution < -0.4 is 0 Å². The summed E-state index contributed by atoms with van der Waals surface area (Å²) < 4.78 is 3.32. The highest BCUT2D eigenvalue weighted by atomic mass is 32.1. The van der Waals surface area contributed by atoms with Crippen LogP contribution in [0.15, 0.2) is 200 Å². The first-order chi connectivity index (χ1) is 31.7. The summed E-state index contributed by atoms with van der Waals surface area (Å²) in [6.45, 7) is 0. The third-order valence-electron chi connectivity index (χ3n) is 12.1. The SMILES string of the molecule is c1ccc(-c2nc(-c3ccc(-c4cnc5sc6cnc(-c7ccc8cc9ccccc9cc8c7)nc6c5c4)cc3)nc(-c3cccc(-n4c5ccccc5c5ccccc54)c3)n2)cc1. The molecule has 0 saturated carbocycles. The molecule has 298 valence electrons. The van der Waals surface area contributed by atoms with Crippen molar-refractivity contribution in [2.75, 3.05) is 0 Å². The Hall–Kier alpha value is -8.46. The minimum atomic E-state index is 0.598. The smallest absolute Gasteiger partial charge is 0.164 e. The van der Waals surface area contributed by atoms with Crippen LogP contribution >= 0.6 is 11.3 Å². The van der Waals surface area contributed by atoms with Crippen LogP contribution in [0.4, 0.5) is 0 Å². The zero-order chi connectivity index (χ0) is 42.1. The van der Waals surface area contributed by atoms with E-state index in [1.165, 1.54) is 26.9 Å². The first kappa shape index (κ1) is 36.2. The number of benzene rings is 8. The Bertz CT molecular complexity index is 3920. The lowest BCUT2D eigenvalue weighted by Crippen LogP contribution is -2.01. The number of aromatic nitrogens is 7. The van der Waals surface area contributed by atoms with Crippen molar-refractivity contribution in [3.8, 4) is 62.4 Å². The van der Waals surface area contributed by atoms with Gasteiger partial charge in [-0.05, 0) is 75.6 Å². The maximum Gasteiger partial charge on any atom is 0.164 e. The molecule has 0 fully saturated rings. The third-order valence-corrected chi connectivity index (χ3v) is 13.2. The van der Waals surface area contributed by atoms with Crippen molar-refractivity contribution >= 4 is 75.1 Å². The first-order valence-corrected chi connectivity index (χ1v) is 22.0.